The zero-order valence-electron chi connectivity index (χ0n) is 18.0. The Balaban J connectivity index is 1.46. The second kappa shape index (κ2) is 8.45. The van der Waals surface area contributed by atoms with Crippen LogP contribution in [0.2, 0.25) is 0 Å². The van der Waals surface area contributed by atoms with E-state index in [4.69, 9.17) is 4.74 Å². The molecule has 1 saturated carbocycles. The quantitative estimate of drug-likeness (QED) is 0.667. The number of benzene rings is 2. The molecule has 0 radical (unpaired) electrons. The summed E-state index contributed by atoms with van der Waals surface area (Å²) >= 11 is 0. The summed E-state index contributed by atoms with van der Waals surface area (Å²) in [5.41, 5.74) is 2.66. The van der Waals surface area contributed by atoms with Gasteiger partial charge in [-0.2, -0.15) is 0 Å². The van der Waals surface area contributed by atoms with Gasteiger partial charge in [0.2, 0.25) is 10.0 Å². The first-order valence-corrected chi connectivity index (χ1v) is 12.7. The maximum absolute atomic E-state index is 15.2. The molecule has 1 amide bonds. The van der Waals surface area contributed by atoms with Crippen LogP contribution >= 0.6 is 0 Å². The Morgan fingerprint density at radius 2 is 1.76 bits per heavy atom. The van der Waals surface area contributed by atoms with E-state index in [-0.39, 0.29) is 6.42 Å². The predicted molar refractivity (Wildman–Crippen MR) is 119 cm³/mol. The van der Waals surface area contributed by atoms with Gasteiger partial charge in [-0.05, 0) is 36.0 Å². The average Bonchev–Trinajstić information content (AvgIpc) is 3.57. The second-order valence-corrected chi connectivity index (χ2v) is 11.0. The van der Waals surface area contributed by atoms with Gasteiger partial charge in [-0.3, -0.25) is 4.79 Å². The van der Waals surface area contributed by atoms with E-state index in [0.29, 0.717) is 25.9 Å². The van der Waals surface area contributed by atoms with Crippen molar-refractivity contribution in [3.8, 4) is 11.1 Å². The minimum absolute atomic E-state index is 0.104. The van der Waals surface area contributed by atoms with Gasteiger partial charge in [-0.15, -0.1) is 0 Å². The molecular weight excluding hydrogens is 450 g/mol. The lowest BCUT2D eigenvalue weighted by Gasteiger charge is -2.34. The number of rotatable bonds is 7. The summed E-state index contributed by atoms with van der Waals surface area (Å²) < 4.78 is 63.0. The van der Waals surface area contributed by atoms with Gasteiger partial charge < -0.3 is 9.64 Å². The van der Waals surface area contributed by atoms with Gasteiger partial charge in [-0.1, -0.05) is 54.6 Å². The van der Waals surface area contributed by atoms with Gasteiger partial charge in [-0.25, -0.2) is 21.9 Å². The van der Waals surface area contributed by atoms with Crippen molar-refractivity contribution in [1.29, 1.82) is 0 Å². The van der Waals surface area contributed by atoms with Gasteiger partial charge in [0.15, 0.2) is 0 Å². The molecule has 5 rings (SSSR count). The predicted octanol–water partition coefficient (Wildman–Crippen LogP) is 2.98. The number of ether oxygens (including phenoxy) is 1. The maximum atomic E-state index is 15.2. The first kappa shape index (κ1) is 22.4. The molecule has 0 bridgehead atoms. The minimum Gasteiger partial charge on any atom is -0.368 e. The number of likely N-dealkylation sites (tertiary alicyclic amines) is 1. The van der Waals surface area contributed by atoms with Crippen molar-refractivity contribution >= 4 is 15.9 Å². The molecule has 2 aliphatic heterocycles. The molecule has 9 heteroatoms. The molecule has 176 valence electrons. The number of carbonyl (C=O) groups excluding carboxylic acids is 1. The standard InChI is InChI=1S/C24H26F2N2O4S/c25-24(26)15-28(23(29)21-11-12-32-21)20(22(24)27-33(30,31)19-9-10-19)14-16-5-4-8-18(13-16)17-6-2-1-3-7-17/h1-8,13,19-22,27H,9-12,14-15H2/t20-,21?,22+/m0/s1. The van der Waals surface area contributed by atoms with Crippen LogP contribution in [-0.4, -0.2) is 61.7 Å². The highest BCUT2D eigenvalue weighted by Crippen LogP contribution is 2.38. The number of nitrogens with one attached hydrogen (secondary N) is 1. The van der Waals surface area contributed by atoms with Gasteiger partial charge in [0, 0.05) is 6.42 Å². The third kappa shape index (κ3) is 4.54. The van der Waals surface area contributed by atoms with Crippen molar-refractivity contribution in [1.82, 2.24) is 9.62 Å². The lowest BCUT2D eigenvalue weighted by molar-refractivity contribution is -0.158. The van der Waals surface area contributed by atoms with Crippen LogP contribution in [0.4, 0.5) is 8.78 Å². The Hall–Kier alpha value is -2.36. The lowest BCUT2D eigenvalue weighted by Crippen LogP contribution is -2.54. The van der Waals surface area contributed by atoms with E-state index < -0.39 is 51.8 Å². The van der Waals surface area contributed by atoms with Crippen LogP contribution in [0.25, 0.3) is 11.1 Å². The fraction of sp³-hybridized carbons (Fsp3) is 0.458. The van der Waals surface area contributed by atoms with E-state index in [2.05, 4.69) is 4.72 Å². The number of sulfonamides is 1. The molecule has 2 aromatic carbocycles. The highest BCUT2D eigenvalue weighted by molar-refractivity contribution is 7.90. The van der Waals surface area contributed by atoms with Crippen molar-refractivity contribution in [2.75, 3.05) is 13.2 Å². The number of nitrogens with zero attached hydrogens (tertiary/aromatic N) is 1. The number of carbonyl (C=O) groups is 1. The summed E-state index contributed by atoms with van der Waals surface area (Å²) in [7, 11) is -3.88. The van der Waals surface area contributed by atoms with Gasteiger partial charge in [0.1, 0.15) is 12.1 Å². The van der Waals surface area contributed by atoms with Crippen molar-refractivity contribution in [2.24, 2.45) is 0 Å². The fourth-order valence-corrected chi connectivity index (χ4v) is 6.19. The van der Waals surface area contributed by atoms with Gasteiger partial charge >= 0.3 is 0 Å². The molecule has 2 aromatic rings. The summed E-state index contributed by atoms with van der Waals surface area (Å²) in [6, 6.07) is 14.5. The molecule has 2 saturated heterocycles. The first-order valence-electron chi connectivity index (χ1n) is 11.2. The number of hydrogen-bond donors (Lipinski definition) is 1. The smallest absolute Gasteiger partial charge is 0.283 e. The van der Waals surface area contributed by atoms with Gasteiger partial charge in [0.05, 0.1) is 24.4 Å². The summed E-state index contributed by atoms with van der Waals surface area (Å²) in [6.45, 7) is -0.408. The molecule has 1 N–H and O–H groups in total. The zero-order chi connectivity index (χ0) is 23.2. The Morgan fingerprint density at radius 1 is 1.06 bits per heavy atom. The van der Waals surface area contributed by atoms with Crippen LogP contribution in [0.15, 0.2) is 54.6 Å². The van der Waals surface area contributed by atoms with E-state index >= 15 is 8.78 Å². The van der Waals surface area contributed by atoms with Crippen LogP contribution in [-0.2, 0) is 26.0 Å². The molecule has 3 aliphatic rings. The largest absolute Gasteiger partial charge is 0.368 e. The number of hydrogen-bond acceptors (Lipinski definition) is 4. The fourth-order valence-electron chi connectivity index (χ4n) is 4.56. The summed E-state index contributed by atoms with van der Waals surface area (Å²) in [4.78, 5) is 14.1. The zero-order valence-corrected chi connectivity index (χ0v) is 18.8. The monoisotopic (exact) mass is 476 g/mol. The van der Waals surface area contributed by atoms with E-state index in [1.54, 1.807) is 0 Å². The van der Waals surface area contributed by atoms with Crippen molar-refractivity contribution in [3.63, 3.8) is 0 Å². The Morgan fingerprint density at radius 3 is 2.39 bits per heavy atom. The van der Waals surface area contributed by atoms with E-state index in [0.717, 1.165) is 21.6 Å². The number of halogens is 2. The third-order valence-electron chi connectivity index (χ3n) is 6.61. The molecule has 0 aromatic heterocycles. The van der Waals surface area contributed by atoms with Crippen LogP contribution in [0.5, 0.6) is 0 Å². The van der Waals surface area contributed by atoms with Crippen LogP contribution in [0, 0.1) is 0 Å². The van der Waals surface area contributed by atoms with Crippen LogP contribution in [0.3, 0.4) is 0 Å². The molecule has 3 atom stereocenters. The summed E-state index contributed by atoms with van der Waals surface area (Å²) in [5, 5.41) is -0.630. The molecule has 33 heavy (non-hydrogen) atoms. The topological polar surface area (TPSA) is 75.7 Å². The molecule has 2 heterocycles. The number of alkyl halides is 2. The van der Waals surface area contributed by atoms with Crippen molar-refractivity contribution in [3.05, 3.63) is 60.2 Å². The lowest BCUT2D eigenvalue weighted by atomic mass is 9.96. The molecule has 3 fully saturated rings. The molecule has 6 nitrogen and oxygen atoms in total. The first-order chi connectivity index (χ1) is 15.7. The third-order valence-corrected chi connectivity index (χ3v) is 8.54. The maximum Gasteiger partial charge on any atom is 0.283 e. The second-order valence-electron chi connectivity index (χ2n) is 9.05. The summed E-state index contributed by atoms with van der Waals surface area (Å²) in [5.74, 6) is -3.89. The molecule has 1 unspecified atom stereocenters. The van der Waals surface area contributed by atoms with E-state index in [1.165, 1.54) is 0 Å². The van der Waals surface area contributed by atoms with E-state index in [9.17, 15) is 13.2 Å². The molecule has 0 spiro atoms. The number of amides is 1. The van der Waals surface area contributed by atoms with Crippen LogP contribution in [0.1, 0.15) is 24.8 Å². The molecular formula is C24H26F2N2O4S. The SMILES string of the molecule is O=C(C1CCO1)N1CC(F)(F)[C@H](NS(=O)(=O)C2CC2)[C@@H]1Cc1cccc(-c2ccccc2)c1. The van der Waals surface area contributed by atoms with Crippen molar-refractivity contribution in [2.45, 2.75) is 55.0 Å². The van der Waals surface area contributed by atoms with Crippen LogP contribution < -0.4 is 4.72 Å². The highest BCUT2D eigenvalue weighted by Gasteiger charge is 2.58. The summed E-state index contributed by atoms with van der Waals surface area (Å²) in [6.07, 6.45) is 0.784. The normalized spacial score (nSPS) is 26.7. The van der Waals surface area contributed by atoms with Gasteiger partial charge in [0.25, 0.3) is 11.8 Å². The van der Waals surface area contributed by atoms with Crippen molar-refractivity contribution < 1.29 is 26.7 Å². The average molecular weight is 477 g/mol. The Kier molecular flexibility index (Phi) is 5.74. The minimum atomic E-state index is -3.88. The molecule has 1 aliphatic carbocycles. The van der Waals surface area contributed by atoms with E-state index in [1.807, 2.05) is 54.6 Å². The highest BCUT2D eigenvalue weighted by atomic mass is 32.2. The Bertz CT molecular complexity index is 1130. The Labute approximate surface area is 192 Å².